The second kappa shape index (κ2) is 12.0. The van der Waals surface area contributed by atoms with Crippen molar-refractivity contribution in [1.82, 2.24) is 0 Å². The van der Waals surface area contributed by atoms with Gasteiger partial charge in [0.25, 0.3) is 20.2 Å². The molecule has 12 nitrogen and oxygen atoms in total. The minimum Gasteiger partial charge on any atom is -0.691 e. The summed E-state index contributed by atoms with van der Waals surface area (Å²) < 4.78 is 72.2. The zero-order chi connectivity index (χ0) is 28.3. The van der Waals surface area contributed by atoms with Gasteiger partial charge in [-0.3, -0.25) is 18.9 Å². The van der Waals surface area contributed by atoms with Gasteiger partial charge in [-0.2, -0.15) is 25.7 Å². The average molecular weight is 592 g/mol. The van der Waals surface area contributed by atoms with Gasteiger partial charge in [0.05, 0.1) is 28.1 Å². The second-order valence-corrected chi connectivity index (χ2v) is 13.1. The Morgan fingerprint density at radius 2 is 1.79 bits per heavy atom. The van der Waals surface area contributed by atoms with Crippen LogP contribution in [0, 0.1) is 0 Å². The van der Waals surface area contributed by atoms with E-state index in [2.05, 4.69) is 9.37 Å². The van der Waals surface area contributed by atoms with Gasteiger partial charge in [0.1, 0.15) is 6.54 Å². The van der Waals surface area contributed by atoms with Crippen LogP contribution in [0.3, 0.4) is 0 Å². The van der Waals surface area contributed by atoms with E-state index in [4.69, 9.17) is 5.11 Å². The summed E-state index contributed by atoms with van der Waals surface area (Å²) in [6.07, 6.45) is 2.53. The van der Waals surface area contributed by atoms with Crippen LogP contribution >= 0.6 is 12.0 Å². The molecule has 0 spiro atoms. The van der Waals surface area contributed by atoms with Crippen LogP contribution in [0.25, 0.3) is 10.8 Å². The monoisotopic (exact) mass is 591 g/mol. The number of aliphatic carboxylic acids is 1. The van der Waals surface area contributed by atoms with Crippen LogP contribution in [0.4, 0.5) is 5.69 Å². The Balaban J connectivity index is 2.18. The number of fused-ring (bicyclic) bond motifs is 3. The van der Waals surface area contributed by atoms with E-state index in [0.717, 1.165) is 17.3 Å². The van der Waals surface area contributed by atoms with E-state index in [1.165, 1.54) is 6.07 Å². The highest BCUT2D eigenvalue weighted by atomic mass is 32.2. The van der Waals surface area contributed by atoms with Crippen LogP contribution in [0.1, 0.15) is 57.9 Å². The quantitative estimate of drug-likeness (QED) is 0.0728. The topological polar surface area (TPSA) is 191 Å². The lowest BCUT2D eigenvalue weighted by Gasteiger charge is -2.24. The van der Waals surface area contributed by atoms with Crippen LogP contribution in [0.2, 0.25) is 0 Å². The highest BCUT2D eigenvalue weighted by molar-refractivity contribution is 7.94. The van der Waals surface area contributed by atoms with Gasteiger partial charge < -0.3 is 10.4 Å². The lowest BCUT2D eigenvalue weighted by atomic mass is 9.74. The van der Waals surface area contributed by atoms with Gasteiger partial charge in [-0.15, -0.1) is 0 Å². The summed E-state index contributed by atoms with van der Waals surface area (Å²) in [4.78, 5) is 10.7. The third-order valence-electron chi connectivity index (χ3n) is 6.90. The Morgan fingerprint density at radius 3 is 2.39 bits per heavy atom. The summed E-state index contributed by atoms with van der Waals surface area (Å²) in [7, 11) is -8.82. The molecule has 0 saturated heterocycles. The van der Waals surface area contributed by atoms with E-state index >= 15 is 0 Å². The molecule has 0 aliphatic carbocycles. The van der Waals surface area contributed by atoms with Gasteiger partial charge in [-0.05, 0) is 48.7 Å². The number of benzene rings is 2. The van der Waals surface area contributed by atoms with Crippen LogP contribution in [-0.4, -0.2) is 59.6 Å². The fraction of sp³-hybridized carbons (Fsp3) is 0.478. The number of hydrogen-bond acceptors (Lipinski definition) is 9. The van der Waals surface area contributed by atoms with E-state index in [9.17, 15) is 36.0 Å². The van der Waals surface area contributed by atoms with E-state index in [1.54, 1.807) is 12.1 Å². The molecule has 3 rings (SSSR count). The number of hydrogen-bond donors (Lipinski definition) is 3. The summed E-state index contributed by atoms with van der Waals surface area (Å²) in [6, 6.07) is 5.98. The number of carboxylic acids is 1. The molecular weight excluding hydrogens is 562 g/mol. The molecule has 0 fully saturated rings. The molecule has 38 heavy (non-hydrogen) atoms. The molecule has 1 heterocycles. The van der Waals surface area contributed by atoms with Gasteiger partial charge in [-0.25, -0.2) is 0 Å². The normalized spacial score (nSPS) is 17.8. The van der Waals surface area contributed by atoms with Crippen molar-refractivity contribution in [2.24, 2.45) is 0 Å². The fourth-order valence-corrected chi connectivity index (χ4v) is 6.67. The summed E-state index contributed by atoms with van der Waals surface area (Å²) in [5, 5.41) is 23.8. The number of carboxylic acid groups (broad SMARTS) is 1. The number of nitrogens with zero attached hydrogens (tertiary/aromatic N) is 1. The van der Waals surface area contributed by atoms with Crippen molar-refractivity contribution in [2.45, 2.75) is 67.6 Å². The van der Waals surface area contributed by atoms with Crippen LogP contribution in [-0.2, 0) is 39.8 Å². The molecule has 1 aliphatic rings. The van der Waals surface area contributed by atoms with Crippen molar-refractivity contribution < 1.29 is 55.0 Å². The Labute approximate surface area is 224 Å². The van der Waals surface area contributed by atoms with Gasteiger partial charge in [-0.1, -0.05) is 12.8 Å². The third kappa shape index (κ3) is 6.90. The maximum Gasteiger partial charge on any atom is 0.303 e. The third-order valence-corrected chi connectivity index (χ3v) is 9.17. The first-order valence-corrected chi connectivity index (χ1v) is 15.5. The highest BCUT2D eigenvalue weighted by Gasteiger charge is 2.47. The molecule has 0 saturated carbocycles. The molecule has 1 atom stereocenters. The summed E-state index contributed by atoms with van der Waals surface area (Å²) in [5.74, 6) is -1.32. The fourth-order valence-electron chi connectivity index (χ4n) is 5.03. The highest BCUT2D eigenvalue weighted by Crippen LogP contribution is 2.48. The Bertz CT molecular complexity index is 1470. The first-order valence-electron chi connectivity index (χ1n) is 11.7. The Morgan fingerprint density at radius 1 is 1.08 bits per heavy atom. The predicted octanol–water partition coefficient (Wildman–Crippen LogP) is 3.01. The molecular formula is C23H29NO11S3. The van der Waals surface area contributed by atoms with E-state index in [0.29, 0.717) is 54.2 Å². The van der Waals surface area contributed by atoms with Crippen molar-refractivity contribution in [1.29, 1.82) is 0 Å². The molecule has 15 heteroatoms. The lowest BCUT2D eigenvalue weighted by molar-refractivity contribution is -0.777. The van der Waals surface area contributed by atoms with Crippen molar-refractivity contribution in [3.05, 3.63) is 29.8 Å². The lowest BCUT2D eigenvalue weighted by Crippen LogP contribution is -2.31. The molecule has 3 N–H and O–H groups in total. The zero-order valence-electron chi connectivity index (χ0n) is 20.7. The maximum absolute atomic E-state index is 12.1. The molecule has 2 aromatic rings. The standard InChI is InChI=1S/C23H29NO11S3/c1-15-23(2,10-5-3-4-7-21(25)26)22-18-13-16(38(31,32)33)14-20(36-35-34-27)17(18)8-9-19(22)24(15)11-6-12-37(28,29)30/h8-9,13-14H,3-7,10-12H2,1-2H3,(H3-,25,26,27,28,29,30,31,32,33). The van der Waals surface area contributed by atoms with Crippen LogP contribution in [0.15, 0.2) is 34.1 Å². The summed E-state index contributed by atoms with van der Waals surface area (Å²) in [5.41, 5.74) is 1.61. The van der Waals surface area contributed by atoms with E-state index in [1.807, 2.05) is 18.4 Å². The SMILES string of the molecule is CC1=[N+](CCCS(=O)(=O)O)c2ccc3c(SOO[O-])cc(S(=O)(=O)O)cc3c2C1(C)CCCCCC(=O)O. The first kappa shape index (κ1) is 30.4. The summed E-state index contributed by atoms with van der Waals surface area (Å²) in [6.45, 7) is 4.10. The van der Waals surface area contributed by atoms with Crippen LogP contribution in [0.5, 0.6) is 0 Å². The molecule has 0 bridgehead atoms. The number of unbranched alkanes of at least 4 members (excludes halogenated alkanes) is 2. The van der Waals surface area contributed by atoms with Crippen molar-refractivity contribution >= 4 is 60.4 Å². The van der Waals surface area contributed by atoms with Crippen molar-refractivity contribution in [2.75, 3.05) is 12.3 Å². The average Bonchev–Trinajstić information content (AvgIpc) is 3.02. The minimum atomic E-state index is -4.64. The minimum absolute atomic E-state index is 0.0424. The smallest absolute Gasteiger partial charge is 0.303 e. The van der Waals surface area contributed by atoms with Crippen molar-refractivity contribution in [3.63, 3.8) is 0 Å². The molecule has 2 aromatic carbocycles. The van der Waals surface area contributed by atoms with Gasteiger partial charge in [0.15, 0.2) is 5.71 Å². The van der Waals surface area contributed by atoms with Crippen molar-refractivity contribution in [3.8, 4) is 0 Å². The predicted molar refractivity (Wildman–Crippen MR) is 136 cm³/mol. The molecule has 0 aromatic heterocycles. The first-order chi connectivity index (χ1) is 17.7. The molecule has 1 unspecified atom stereocenters. The maximum atomic E-state index is 12.1. The second-order valence-electron chi connectivity index (χ2n) is 9.33. The number of carbonyl (C=O) groups is 1. The molecule has 0 amide bonds. The van der Waals surface area contributed by atoms with Crippen LogP contribution < -0.4 is 5.26 Å². The number of rotatable bonds is 14. The molecule has 210 valence electrons. The summed E-state index contributed by atoms with van der Waals surface area (Å²) >= 11 is 0.490. The largest absolute Gasteiger partial charge is 0.691 e. The Kier molecular flexibility index (Phi) is 9.58. The molecule has 0 radical (unpaired) electrons. The Hall–Kier alpha value is -2.11. The molecule has 1 aliphatic heterocycles. The zero-order valence-corrected chi connectivity index (χ0v) is 23.2. The van der Waals surface area contributed by atoms with Gasteiger partial charge >= 0.3 is 5.97 Å². The van der Waals surface area contributed by atoms with E-state index < -0.39 is 42.3 Å². The van der Waals surface area contributed by atoms with E-state index in [-0.39, 0.29) is 24.3 Å². The van der Waals surface area contributed by atoms with Gasteiger partial charge in [0, 0.05) is 36.3 Å². The van der Waals surface area contributed by atoms with Gasteiger partial charge in [0.2, 0.25) is 5.69 Å².